The number of ether oxygens (including phenoxy) is 1. The zero-order valence-corrected chi connectivity index (χ0v) is 16.5. The Balaban J connectivity index is 1.26. The first-order valence-corrected chi connectivity index (χ1v) is 11.0. The highest BCUT2D eigenvalue weighted by Crippen LogP contribution is 2.23. The minimum Gasteiger partial charge on any atom is -0.489 e. The minimum absolute atomic E-state index is 0.0428. The van der Waals surface area contributed by atoms with Gasteiger partial charge >= 0.3 is 10.2 Å². The maximum absolute atomic E-state index is 11.9. The molecule has 0 aromatic heterocycles. The fraction of sp³-hybridized carbons (Fsp3) is 0.333. The normalized spacial score (nSPS) is 19.5. The summed E-state index contributed by atoms with van der Waals surface area (Å²) in [7, 11) is -3.35. The molecule has 2 heterocycles. The number of rotatable bonds is 6. The molecule has 0 unspecified atom stereocenters. The molecule has 0 bridgehead atoms. The second kappa shape index (κ2) is 8.24. The largest absolute Gasteiger partial charge is 0.489 e. The second-order valence-corrected chi connectivity index (χ2v) is 8.80. The van der Waals surface area contributed by atoms with Crippen LogP contribution in [0.4, 0.5) is 0 Å². The average molecular weight is 400 g/mol. The molecule has 0 aliphatic carbocycles. The van der Waals surface area contributed by atoms with Gasteiger partial charge in [0.2, 0.25) is 0 Å². The van der Waals surface area contributed by atoms with Gasteiger partial charge in [-0.1, -0.05) is 42.5 Å². The third kappa shape index (κ3) is 4.48. The minimum atomic E-state index is -3.35. The number of nitrogens with zero attached hydrogens (tertiary/aromatic N) is 2. The van der Waals surface area contributed by atoms with Crippen LogP contribution in [0.3, 0.4) is 0 Å². The zero-order valence-electron chi connectivity index (χ0n) is 15.7. The van der Waals surface area contributed by atoms with E-state index in [0.29, 0.717) is 6.61 Å². The molecular weight excluding hydrogens is 374 g/mol. The van der Waals surface area contributed by atoms with Crippen molar-refractivity contribution in [1.82, 2.24) is 13.9 Å². The van der Waals surface area contributed by atoms with E-state index in [1.54, 1.807) is 6.20 Å². The molecule has 28 heavy (non-hydrogen) atoms. The van der Waals surface area contributed by atoms with Crippen LogP contribution in [0, 0.1) is 0 Å². The van der Waals surface area contributed by atoms with Crippen molar-refractivity contribution in [3.8, 4) is 5.75 Å². The van der Waals surface area contributed by atoms with Gasteiger partial charge in [0, 0.05) is 38.1 Å². The summed E-state index contributed by atoms with van der Waals surface area (Å²) in [5.74, 6) is 0.866. The summed E-state index contributed by atoms with van der Waals surface area (Å²) >= 11 is 0. The predicted octanol–water partition coefficient (Wildman–Crippen LogP) is 2.85. The smallest absolute Gasteiger partial charge is 0.323 e. The fourth-order valence-corrected chi connectivity index (χ4v) is 4.85. The molecular formula is C21H25N3O3S. The van der Waals surface area contributed by atoms with Crippen LogP contribution in [0.25, 0.3) is 0 Å². The van der Waals surface area contributed by atoms with Gasteiger partial charge in [0.15, 0.2) is 0 Å². The van der Waals surface area contributed by atoms with Crippen LogP contribution in [-0.2, 0) is 23.4 Å². The Hall–Kier alpha value is -2.51. The van der Waals surface area contributed by atoms with Crippen molar-refractivity contribution in [2.24, 2.45) is 0 Å². The summed E-state index contributed by atoms with van der Waals surface area (Å²) < 4.78 is 33.6. The SMILES string of the molecule is O=S1(=O)NC=CN1C1CCN(Cc2ccc(OCc3ccccc3)cc2)CC1. The first kappa shape index (κ1) is 18.8. The number of benzene rings is 2. The Kier molecular flexibility index (Phi) is 5.54. The van der Waals surface area contributed by atoms with Crippen LogP contribution in [-0.4, -0.2) is 36.8 Å². The molecule has 7 heteroatoms. The highest BCUT2D eigenvalue weighted by atomic mass is 32.2. The van der Waals surface area contributed by atoms with Gasteiger partial charge in [-0.25, -0.2) is 0 Å². The quantitative estimate of drug-likeness (QED) is 0.811. The highest BCUT2D eigenvalue weighted by molar-refractivity contribution is 7.87. The number of likely N-dealkylation sites (tertiary alicyclic amines) is 1. The van der Waals surface area contributed by atoms with E-state index in [1.165, 1.54) is 16.1 Å². The zero-order chi connectivity index (χ0) is 19.4. The van der Waals surface area contributed by atoms with E-state index >= 15 is 0 Å². The van der Waals surface area contributed by atoms with Crippen molar-refractivity contribution in [3.05, 3.63) is 78.1 Å². The van der Waals surface area contributed by atoms with Gasteiger partial charge in [0.05, 0.1) is 0 Å². The molecule has 1 fully saturated rings. The predicted molar refractivity (Wildman–Crippen MR) is 109 cm³/mol. The molecule has 2 aliphatic rings. The maximum Gasteiger partial charge on any atom is 0.323 e. The Morgan fingerprint density at radius 3 is 2.32 bits per heavy atom. The van der Waals surface area contributed by atoms with Crippen molar-refractivity contribution in [2.75, 3.05) is 13.1 Å². The van der Waals surface area contributed by atoms with Crippen molar-refractivity contribution in [3.63, 3.8) is 0 Å². The molecule has 2 aromatic carbocycles. The van der Waals surface area contributed by atoms with Crippen LogP contribution in [0.1, 0.15) is 24.0 Å². The molecule has 1 saturated heterocycles. The molecule has 0 amide bonds. The van der Waals surface area contributed by atoms with Crippen LogP contribution in [0.5, 0.6) is 5.75 Å². The molecule has 1 N–H and O–H groups in total. The Bertz CT molecular complexity index is 906. The number of hydrogen-bond acceptors (Lipinski definition) is 4. The van der Waals surface area contributed by atoms with E-state index in [-0.39, 0.29) is 6.04 Å². The number of hydrogen-bond donors (Lipinski definition) is 1. The molecule has 4 rings (SSSR count). The Labute approximate surface area is 166 Å². The summed E-state index contributed by atoms with van der Waals surface area (Å²) in [6.07, 6.45) is 4.79. The lowest BCUT2D eigenvalue weighted by Gasteiger charge is -2.35. The Morgan fingerprint density at radius 1 is 0.964 bits per heavy atom. The number of nitrogens with one attached hydrogen (secondary N) is 1. The van der Waals surface area contributed by atoms with E-state index in [2.05, 4.69) is 33.9 Å². The lowest BCUT2D eigenvalue weighted by Crippen LogP contribution is -2.45. The monoisotopic (exact) mass is 399 g/mol. The number of piperidine rings is 1. The molecule has 0 spiro atoms. The van der Waals surface area contributed by atoms with Gasteiger partial charge in [-0.15, -0.1) is 0 Å². The maximum atomic E-state index is 11.9. The third-order valence-corrected chi connectivity index (χ3v) is 6.62. The second-order valence-electron chi connectivity index (χ2n) is 7.19. The first-order chi connectivity index (χ1) is 13.6. The van der Waals surface area contributed by atoms with Crippen molar-refractivity contribution < 1.29 is 13.2 Å². The van der Waals surface area contributed by atoms with Crippen molar-refractivity contribution in [2.45, 2.75) is 32.0 Å². The van der Waals surface area contributed by atoms with Gasteiger partial charge in [-0.3, -0.25) is 13.9 Å². The average Bonchev–Trinajstić information content (AvgIpc) is 3.08. The van der Waals surface area contributed by atoms with Crippen LogP contribution >= 0.6 is 0 Å². The lowest BCUT2D eigenvalue weighted by atomic mass is 10.0. The van der Waals surface area contributed by atoms with Gasteiger partial charge in [-0.05, 0) is 36.1 Å². The third-order valence-electron chi connectivity index (χ3n) is 5.21. The first-order valence-electron chi connectivity index (χ1n) is 9.56. The molecule has 148 valence electrons. The highest BCUT2D eigenvalue weighted by Gasteiger charge is 2.32. The van der Waals surface area contributed by atoms with E-state index in [0.717, 1.165) is 43.8 Å². The van der Waals surface area contributed by atoms with Crippen LogP contribution in [0.15, 0.2) is 67.0 Å². The van der Waals surface area contributed by atoms with Crippen LogP contribution in [0.2, 0.25) is 0 Å². The van der Waals surface area contributed by atoms with Gasteiger partial charge in [-0.2, -0.15) is 8.42 Å². The lowest BCUT2D eigenvalue weighted by molar-refractivity contribution is 0.171. The van der Waals surface area contributed by atoms with E-state index < -0.39 is 10.2 Å². The van der Waals surface area contributed by atoms with Gasteiger partial charge in [0.1, 0.15) is 12.4 Å². The van der Waals surface area contributed by atoms with Gasteiger partial charge < -0.3 is 4.74 Å². The molecule has 0 saturated carbocycles. The topological polar surface area (TPSA) is 61.9 Å². The summed E-state index contributed by atoms with van der Waals surface area (Å²) in [5.41, 5.74) is 2.39. The molecule has 2 aliphatic heterocycles. The van der Waals surface area contributed by atoms with E-state index in [1.807, 2.05) is 30.3 Å². The van der Waals surface area contributed by atoms with E-state index in [9.17, 15) is 8.42 Å². The Morgan fingerprint density at radius 2 is 1.68 bits per heavy atom. The van der Waals surface area contributed by atoms with Crippen molar-refractivity contribution >= 4 is 10.2 Å². The molecule has 0 radical (unpaired) electrons. The van der Waals surface area contributed by atoms with E-state index in [4.69, 9.17) is 4.74 Å². The fourth-order valence-electron chi connectivity index (χ4n) is 3.67. The molecule has 0 atom stereocenters. The van der Waals surface area contributed by atoms with Gasteiger partial charge in [0.25, 0.3) is 0 Å². The molecule has 2 aromatic rings. The summed E-state index contributed by atoms with van der Waals surface area (Å²) in [6, 6.07) is 18.4. The summed E-state index contributed by atoms with van der Waals surface area (Å²) in [6.45, 7) is 3.20. The molecule has 6 nitrogen and oxygen atoms in total. The van der Waals surface area contributed by atoms with Crippen LogP contribution < -0.4 is 9.46 Å². The van der Waals surface area contributed by atoms with Crippen molar-refractivity contribution in [1.29, 1.82) is 0 Å². The summed E-state index contributed by atoms with van der Waals surface area (Å²) in [5, 5.41) is 0. The summed E-state index contributed by atoms with van der Waals surface area (Å²) in [4.78, 5) is 2.37. The standard InChI is InChI=1S/C21H25N3O3S/c25-28(26)22-12-15-24(28)20-10-13-23(14-11-20)16-18-6-8-21(9-7-18)27-17-19-4-2-1-3-5-19/h1-9,12,15,20,22H,10-11,13-14,16-17H2.